The number of aromatic nitrogens is 2. The van der Waals surface area contributed by atoms with Crippen molar-refractivity contribution in [3.8, 4) is 28.6 Å². The van der Waals surface area contributed by atoms with Crippen LogP contribution in [0.5, 0.6) is 0 Å². The lowest BCUT2D eigenvalue weighted by Gasteiger charge is -2.22. The van der Waals surface area contributed by atoms with Crippen molar-refractivity contribution in [3.05, 3.63) is 143 Å². The molecule has 2 heterocycles. The van der Waals surface area contributed by atoms with Gasteiger partial charge in [0, 0.05) is 27.1 Å². The second-order valence-electron chi connectivity index (χ2n) is 12.2. The number of nitriles is 1. The molecular weight excluding hydrogens is 591 g/mol. The van der Waals surface area contributed by atoms with Crippen LogP contribution in [0.3, 0.4) is 0 Å². The molecule has 0 saturated heterocycles. The Morgan fingerprint density at radius 3 is 1.60 bits per heavy atom. The molecule has 0 aliphatic rings. The van der Waals surface area contributed by atoms with E-state index in [-0.39, 0.29) is 16.7 Å². The Balaban J connectivity index is 1.60. The van der Waals surface area contributed by atoms with Gasteiger partial charge in [0.1, 0.15) is 0 Å². The van der Waals surface area contributed by atoms with E-state index in [9.17, 15) is 18.4 Å². The normalized spacial score (nSPS) is 12.0. The zero-order chi connectivity index (χ0) is 32.6. The summed E-state index contributed by atoms with van der Waals surface area (Å²) in [4.78, 5) is 0. The minimum Gasteiger partial charge on any atom is -0.307 e. The molecule has 8 rings (SSSR count). The van der Waals surface area contributed by atoms with Gasteiger partial charge in [-0.3, -0.25) is 0 Å². The van der Waals surface area contributed by atoms with E-state index in [1.54, 1.807) is 25.1 Å². The van der Waals surface area contributed by atoms with Gasteiger partial charge in [0.05, 0.1) is 50.6 Å². The molecule has 0 radical (unpaired) electrons. The molecule has 6 aromatic carbocycles. The molecule has 2 aromatic heterocycles. The lowest BCUT2D eigenvalue weighted by molar-refractivity contribution is -0.137. The van der Waals surface area contributed by atoms with Gasteiger partial charge in [-0.25, -0.2) is 0 Å². The van der Waals surface area contributed by atoms with Crippen molar-refractivity contribution in [2.75, 3.05) is 0 Å². The first-order chi connectivity index (χ1) is 22.7. The molecule has 0 unspecified atom stereocenters. The zero-order valence-corrected chi connectivity index (χ0v) is 25.9. The number of para-hydroxylation sites is 2. The van der Waals surface area contributed by atoms with Crippen LogP contribution in [-0.2, 0) is 6.18 Å². The molecule has 0 saturated carbocycles. The van der Waals surface area contributed by atoms with E-state index >= 15 is 0 Å². The van der Waals surface area contributed by atoms with Crippen molar-refractivity contribution < 1.29 is 13.2 Å². The lowest BCUT2D eigenvalue weighted by Crippen LogP contribution is -2.10. The Morgan fingerprint density at radius 2 is 1.06 bits per heavy atom. The topological polar surface area (TPSA) is 33.6 Å². The summed E-state index contributed by atoms with van der Waals surface area (Å²) in [6.07, 6.45) is -4.61. The zero-order valence-electron chi connectivity index (χ0n) is 25.9. The Bertz CT molecular complexity index is 2610. The SMILES string of the molecule is Cc1ccc2c(c1)c1ccccc1n2-c1cc(C#N)c(-c2c(C)cccc2C(F)(F)F)cc1-n1c2ccccc2c2cc(C)ccc21. The highest BCUT2D eigenvalue weighted by Gasteiger charge is 2.35. The summed E-state index contributed by atoms with van der Waals surface area (Å²) in [6.45, 7) is 5.77. The fourth-order valence-electron chi connectivity index (χ4n) is 7.19. The van der Waals surface area contributed by atoms with Crippen LogP contribution in [0.15, 0.2) is 115 Å². The number of hydrogen-bond donors (Lipinski definition) is 0. The van der Waals surface area contributed by atoms with Crippen LogP contribution >= 0.6 is 0 Å². The predicted molar refractivity (Wildman–Crippen MR) is 184 cm³/mol. The van der Waals surface area contributed by atoms with E-state index in [0.29, 0.717) is 16.9 Å². The van der Waals surface area contributed by atoms with Crippen molar-refractivity contribution in [1.82, 2.24) is 9.13 Å². The maximum atomic E-state index is 14.6. The Labute approximate surface area is 269 Å². The smallest absolute Gasteiger partial charge is 0.307 e. The van der Waals surface area contributed by atoms with Crippen LogP contribution in [0.4, 0.5) is 13.2 Å². The highest BCUT2D eigenvalue weighted by Crippen LogP contribution is 2.44. The number of rotatable bonds is 3. The van der Waals surface area contributed by atoms with Crippen LogP contribution < -0.4 is 0 Å². The Kier molecular flexibility index (Phi) is 6.32. The van der Waals surface area contributed by atoms with Crippen LogP contribution in [-0.4, -0.2) is 9.13 Å². The van der Waals surface area contributed by atoms with Crippen molar-refractivity contribution in [2.24, 2.45) is 0 Å². The highest BCUT2D eigenvalue weighted by molar-refractivity contribution is 6.12. The first-order valence-electron chi connectivity index (χ1n) is 15.4. The largest absolute Gasteiger partial charge is 0.417 e. The molecule has 0 atom stereocenters. The van der Waals surface area contributed by atoms with Crippen LogP contribution in [0.25, 0.3) is 66.1 Å². The van der Waals surface area contributed by atoms with Gasteiger partial charge in [-0.2, -0.15) is 18.4 Å². The number of halogens is 3. The number of hydrogen-bond acceptors (Lipinski definition) is 1. The molecule has 8 aromatic rings. The third-order valence-corrected chi connectivity index (χ3v) is 9.22. The number of fused-ring (bicyclic) bond motifs is 6. The minimum atomic E-state index is -4.61. The molecule has 47 heavy (non-hydrogen) atoms. The van der Waals surface area contributed by atoms with Gasteiger partial charge in [-0.1, -0.05) is 71.8 Å². The molecule has 3 nitrogen and oxygen atoms in total. The van der Waals surface area contributed by atoms with Crippen molar-refractivity contribution in [2.45, 2.75) is 26.9 Å². The minimum absolute atomic E-state index is 0.0128. The van der Waals surface area contributed by atoms with Crippen LogP contribution in [0.2, 0.25) is 0 Å². The molecule has 228 valence electrons. The van der Waals surface area contributed by atoms with E-state index in [0.717, 1.165) is 60.8 Å². The van der Waals surface area contributed by atoms with Crippen molar-refractivity contribution in [1.29, 1.82) is 5.26 Å². The van der Waals surface area contributed by atoms with Gasteiger partial charge < -0.3 is 9.13 Å². The van der Waals surface area contributed by atoms with E-state index in [4.69, 9.17) is 0 Å². The standard InChI is InChI=1S/C41H28F3N3/c1-24-15-17-36-31(19-24)28-10-4-6-13-34(28)46(36)38-21-27(23-45)30(40-26(3)9-8-12-33(40)41(42,43)44)22-39(38)47-35-14-7-5-11-29(35)32-20-25(2)16-18-37(32)47/h4-22H,1-3H3. The molecule has 0 fully saturated rings. The lowest BCUT2D eigenvalue weighted by atomic mass is 9.90. The van der Waals surface area contributed by atoms with Crippen molar-refractivity contribution in [3.63, 3.8) is 0 Å². The van der Waals surface area contributed by atoms with E-state index in [1.165, 1.54) is 6.07 Å². The van der Waals surface area contributed by atoms with E-state index in [1.807, 2.05) is 49.4 Å². The first-order valence-corrected chi connectivity index (χ1v) is 15.4. The fraction of sp³-hybridized carbons (Fsp3) is 0.0976. The van der Waals surface area contributed by atoms with Gasteiger partial charge in [0.2, 0.25) is 0 Å². The molecular formula is C41H28F3N3. The first kappa shape index (κ1) is 28.7. The van der Waals surface area contributed by atoms with Gasteiger partial charge >= 0.3 is 6.18 Å². The van der Waals surface area contributed by atoms with Gasteiger partial charge in [-0.05, 0) is 86.5 Å². The molecule has 0 amide bonds. The number of alkyl halides is 3. The summed E-state index contributed by atoms with van der Waals surface area (Å²) in [5.74, 6) is 0. The second kappa shape index (κ2) is 10.4. The van der Waals surface area contributed by atoms with Crippen molar-refractivity contribution >= 4 is 43.6 Å². The summed E-state index contributed by atoms with van der Waals surface area (Å²) in [5, 5.41) is 14.8. The average Bonchev–Trinajstić information content (AvgIpc) is 3.55. The second-order valence-corrected chi connectivity index (χ2v) is 12.2. The van der Waals surface area contributed by atoms with E-state index < -0.39 is 11.7 Å². The van der Waals surface area contributed by atoms with E-state index in [2.05, 4.69) is 64.6 Å². The maximum Gasteiger partial charge on any atom is 0.417 e. The van der Waals surface area contributed by atoms with Crippen LogP contribution in [0, 0.1) is 32.1 Å². The van der Waals surface area contributed by atoms with Gasteiger partial charge in [0.25, 0.3) is 0 Å². The monoisotopic (exact) mass is 619 g/mol. The molecule has 0 aliphatic heterocycles. The summed E-state index contributed by atoms with van der Waals surface area (Å²) >= 11 is 0. The fourth-order valence-corrected chi connectivity index (χ4v) is 7.19. The molecule has 0 aliphatic carbocycles. The Hall–Kier alpha value is -5.80. The molecule has 0 spiro atoms. The molecule has 6 heteroatoms. The summed E-state index contributed by atoms with van der Waals surface area (Å²) in [5.41, 5.74) is 7.42. The van der Waals surface area contributed by atoms with Gasteiger partial charge in [-0.15, -0.1) is 0 Å². The predicted octanol–water partition coefficient (Wildman–Crippen LogP) is 11.4. The number of aryl methyl sites for hydroxylation is 3. The quantitative estimate of drug-likeness (QED) is 0.194. The summed E-state index contributed by atoms with van der Waals surface area (Å²) < 4.78 is 48.0. The molecule has 0 bridgehead atoms. The van der Waals surface area contributed by atoms with Crippen LogP contribution in [0.1, 0.15) is 27.8 Å². The number of benzene rings is 6. The highest BCUT2D eigenvalue weighted by atomic mass is 19.4. The number of nitrogens with zero attached hydrogens (tertiary/aromatic N) is 3. The maximum absolute atomic E-state index is 14.6. The summed E-state index contributed by atoms with van der Waals surface area (Å²) in [7, 11) is 0. The third kappa shape index (κ3) is 4.34. The summed E-state index contributed by atoms with van der Waals surface area (Å²) in [6, 6.07) is 38.7. The Morgan fingerprint density at radius 1 is 0.553 bits per heavy atom. The van der Waals surface area contributed by atoms with Gasteiger partial charge in [0.15, 0.2) is 0 Å². The average molecular weight is 620 g/mol. The molecule has 0 N–H and O–H groups in total. The third-order valence-electron chi connectivity index (χ3n) is 9.22.